The number of nitrogens with zero attached hydrogens (tertiary/aromatic N) is 1. The molecule has 0 unspecified atom stereocenters. The minimum Gasteiger partial charge on any atom is -0.497 e. The van der Waals surface area contributed by atoms with Gasteiger partial charge in [0.2, 0.25) is 5.55 Å². The molecule has 2 N–H and O–H groups in total. The van der Waals surface area contributed by atoms with E-state index in [-0.39, 0.29) is 5.60 Å². The number of anilines is 1. The molecule has 7 nitrogen and oxygen atoms in total. The molecule has 0 saturated heterocycles. The first-order valence-electron chi connectivity index (χ1n) is 12.1. The molecular weight excluding hydrogens is 462 g/mol. The van der Waals surface area contributed by atoms with Crippen molar-refractivity contribution in [2.75, 3.05) is 19.5 Å². The van der Waals surface area contributed by atoms with Crippen LogP contribution in [0.5, 0.6) is 17.2 Å². The van der Waals surface area contributed by atoms with Crippen LogP contribution in [0.4, 0.5) is 5.69 Å². The summed E-state index contributed by atoms with van der Waals surface area (Å²) in [4.78, 5) is 0. The van der Waals surface area contributed by atoms with Crippen LogP contribution < -0.4 is 30.5 Å². The fraction of sp³-hybridized carbons (Fsp3) is 0.407. The van der Waals surface area contributed by atoms with Crippen molar-refractivity contribution in [1.82, 2.24) is 5.43 Å². The first-order chi connectivity index (χ1) is 17.0. The summed E-state index contributed by atoms with van der Waals surface area (Å²) in [6.07, 6.45) is 8.24. The zero-order chi connectivity index (χ0) is 24.4. The minimum atomic E-state index is -0.00210. The van der Waals surface area contributed by atoms with Crippen LogP contribution in [-0.2, 0) is 6.42 Å². The van der Waals surface area contributed by atoms with Crippen LogP contribution in [0.25, 0.3) is 11.0 Å². The third kappa shape index (κ3) is 4.93. The molecule has 1 fully saturated rings. The average Bonchev–Trinajstić information content (AvgIpc) is 2.87. The first-order valence-corrected chi connectivity index (χ1v) is 12.5. The Morgan fingerprint density at radius 2 is 1.86 bits per heavy atom. The van der Waals surface area contributed by atoms with E-state index in [1.54, 1.807) is 20.3 Å². The van der Waals surface area contributed by atoms with Gasteiger partial charge in [0.05, 0.1) is 19.9 Å². The van der Waals surface area contributed by atoms with Gasteiger partial charge in [-0.25, -0.2) is 5.43 Å². The van der Waals surface area contributed by atoms with Crippen molar-refractivity contribution in [2.24, 2.45) is 5.10 Å². The Balaban J connectivity index is 1.37. The predicted molar refractivity (Wildman–Crippen MR) is 140 cm³/mol. The zero-order valence-electron chi connectivity index (χ0n) is 20.4. The molecule has 1 saturated carbocycles. The van der Waals surface area contributed by atoms with Crippen molar-refractivity contribution in [3.63, 3.8) is 0 Å². The zero-order valence-corrected chi connectivity index (χ0v) is 21.2. The standard InChI is InChI=1S/C27H31N3O4S/c1-17-13-25(29-30-26(35)28-21-8-7-19(31-2)15-24(21)32-3)33-23-16-22-18(14-20(17)23)9-12-27(34-22)10-5-4-6-11-27/h7-8,13-16H,4-6,9-12H2,1-3H3,(H2,28,30,35). The molecule has 1 aliphatic heterocycles. The molecule has 1 aromatic heterocycles. The molecule has 3 aromatic rings. The number of methoxy groups -OCH3 is 2. The van der Waals surface area contributed by atoms with E-state index in [9.17, 15) is 0 Å². The van der Waals surface area contributed by atoms with Gasteiger partial charge in [-0.1, -0.05) is 6.42 Å². The molecule has 1 spiro atoms. The highest BCUT2D eigenvalue weighted by atomic mass is 32.1. The summed E-state index contributed by atoms with van der Waals surface area (Å²) in [6, 6.07) is 11.6. The summed E-state index contributed by atoms with van der Waals surface area (Å²) in [5.41, 5.74) is 7.10. The van der Waals surface area contributed by atoms with Gasteiger partial charge in [-0.05, 0) is 87.0 Å². The van der Waals surface area contributed by atoms with Gasteiger partial charge in [0, 0.05) is 23.6 Å². The highest BCUT2D eigenvalue weighted by Crippen LogP contribution is 2.43. The van der Waals surface area contributed by atoms with Crippen molar-refractivity contribution < 1.29 is 18.6 Å². The lowest BCUT2D eigenvalue weighted by atomic mass is 9.79. The maximum atomic E-state index is 6.59. The summed E-state index contributed by atoms with van der Waals surface area (Å²) >= 11 is 5.42. The van der Waals surface area contributed by atoms with Crippen molar-refractivity contribution in [2.45, 2.75) is 57.5 Å². The molecular formula is C27H31N3O4S. The second-order valence-corrected chi connectivity index (χ2v) is 9.72. The van der Waals surface area contributed by atoms with Gasteiger partial charge in [0.15, 0.2) is 5.11 Å². The van der Waals surface area contributed by atoms with Crippen molar-refractivity contribution >= 4 is 34.0 Å². The van der Waals surface area contributed by atoms with Gasteiger partial charge in [-0.2, -0.15) is 0 Å². The minimum absolute atomic E-state index is 0.00210. The van der Waals surface area contributed by atoms with Gasteiger partial charge in [-0.15, -0.1) is 5.10 Å². The molecule has 0 amide bonds. The summed E-state index contributed by atoms with van der Waals surface area (Å²) in [7, 11) is 3.20. The van der Waals surface area contributed by atoms with E-state index in [0.29, 0.717) is 27.9 Å². The van der Waals surface area contributed by atoms with Crippen LogP contribution in [-0.4, -0.2) is 24.9 Å². The van der Waals surface area contributed by atoms with E-state index in [1.165, 1.54) is 24.8 Å². The van der Waals surface area contributed by atoms with Crippen LogP contribution in [0.15, 0.2) is 45.9 Å². The Kier molecular flexibility index (Phi) is 6.56. The molecule has 1 aliphatic carbocycles. The molecule has 2 aromatic carbocycles. The smallest absolute Gasteiger partial charge is 0.236 e. The monoisotopic (exact) mass is 493 g/mol. The molecule has 2 aliphatic rings. The Morgan fingerprint density at radius 3 is 2.63 bits per heavy atom. The number of hydrogen-bond donors (Lipinski definition) is 2. The second kappa shape index (κ2) is 9.77. The van der Waals surface area contributed by atoms with Gasteiger partial charge >= 0.3 is 0 Å². The number of fused-ring (bicyclic) bond motifs is 2. The molecule has 184 valence electrons. The van der Waals surface area contributed by atoms with E-state index in [2.05, 4.69) is 28.8 Å². The Morgan fingerprint density at radius 1 is 1.03 bits per heavy atom. The number of rotatable bonds is 4. The van der Waals surface area contributed by atoms with E-state index in [1.807, 2.05) is 24.3 Å². The van der Waals surface area contributed by atoms with Crippen molar-refractivity contribution in [3.8, 4) is 17.2 Å². The Labute approximate surface area is 210 Å². The summed E-state index contributed by atoms with van der Waals surface area (Å²) in [6.45, 7) is 2.06. The molecule has 5 rings (SSSR count). The number of ether oxygens (including phenoxy) is 3. The normalized spacial score (nSPS) is 16.9. The topological polar surface area (TPSA) is 77.2 Å². The van der Waals surface area contributed by atoms with Crippen molar-refractivity contribution in [1.29, 1.82) is 0 Å². The van der Waals surface area contributed by atoms with Crippen LogP contribution >= 0.6 is 12.2 Å². The third-order valence-corrected chi connectivity index (χ3v) is 7.20. The van der Waals surface area contributed by atoms with E-state index < -0.39 is 0 Å². The largest absolute Gasteiger partial charge is 0.497 e. The van der Waals surface area contributed by atoms with E-state index >= 15 is 0 Å². The first kappa shape index (κ1) is 23.5. The summed E-state index contributed by atoms with van der Waals surface area (Å²) < 4.78 is 23.4. The van der Waals surface area contributed by atoms with Crippen LogP contribution in [0.2, 0.25) is 0 Å². The maximum Gasteiger partial charge on any atom is 0.236 e. The molecule has 8 heteroatoms. The van der Waals surface area contributed by atoms with E-state index in [0.717, 1.165) is 48.0 Å². The Bertz CT molecular complexity index is 1330. The molecule has 0 bridgehead atoms. The van der Waals surface area contributed by atoms with Gasteiger partial charge < -0.3 is 23.9 Å². The lowest BCUT2D eigenvalue weighted by molar-refractivity contribution is 0.0109. The highest BCUT2D eigenvalue weighted by molar-refractivity contribution is 7.80. The molecule has 2 heterocycles. The van der Waals surface area contributed by atoms with Crippen LogP contribution in [0, 0.1) is 6.92 Å². The number of hydrogen-bond acceptors (Lipinski definition) is 6. The average molecular weight is 494 g/mol. The number of benzene rings is 2. The van der Waals surface area contributed by atoms with Gasteiger partial charge in [-0.3, -0.25) is 0 Å². The number of thiocarbonyl (C=S) groups is 1. The molecule has 0 radical (unpaired) electrons. The summed E-state index contributed by atoms with van der Waals surface area (Å²) in [5.74, 6) is 2.25. The lowest BCUT2D eigenvalue weighted by Crippen LogP contribution is -2.41. The van der Waals surface area contributed by atoms with Crippen LogP contribution in [0.3, 0.4) is 0 Å². The van der Waals surface area contributed by atoms with Crippen molar-refractivity contribution in [3.05, 3.63) is 53.1 Å². The summed E-state index contributed by atoms with van der Waals surface area (Å²) in [5, 5.41) is 8.86. The third-order valence-electron chi connectivity index (χ3n) is 7.01. The van der Waals surface area contributed by atoms with Gasteiger partial charge in [0.1, 0.15) is 28.4 Å². The van der Waals surface area contributed by atoms with Gasteiger partial charge in [0.25, 0.3) is 0 Å². The number of nitrogens with one attached hydrogen (secondary N) is 2. The fourth-order valence-corrected chi connectivity index (χ4v) is 5.26. The van der Waals surface area contributed by atoms with Crippen LogP contribution in [0.1, 0.15) is 49.7 Å². The quantitative estimate of drug-likeness (QED) is 0.362. The Hall–Kier alpha value is -3.26. The molecule has 35 heavy (non-hydrogen) atoms. The maximum absolute atomic E-state index is 6.59. The fourth-order valence-electron chi connectivity index (χ4n) is 5.10. The lowest BCUT2D eigenvalue weighted by Gasteiger charge is -2.41. The molecule has 0 atom stereocenters. The SMILES string of the molecule is COc1ccc(NC(=S)NN=c2cc(C)c3cc4c(cc3o2)OC2(CCCCC2)CC4)c(OC)c1. The predicted octanol–water partition coefficient (Wildman–Crippen LogP) is 5.59. The highest BCUT2D eigenvalue weighted by Gasteiger charge is 2.37. The van der Waals surface area contributed by atoms with E-state index in [4.69, 9.17) is 30.8 Å². The second-order valence-electron chi connectivity index (χ2n) is 9.31. The number of aryl methyl sites for hydroxylation is 2.